The Hall–Kier alpha value is -1.11. The largest absolute Gasteiger partial charge is 0.298 e. The van der Waals surface area contributed by atoms with Gasteiger partial charge in [0.25, 0.3) is 0 Å². The molecule has 17 heavy (non-hydrogen) atoms. The van der Waals surface area contributed by atoms with Crippen molar-refractivity contribution in [3.8, 4) is 0 Å². The molecule has 1 aromatic rings. The molecule has 92 valence electrons. The maximum atomic E-state index is 10.5. The first-order chi connectivity index (χ1) is 8.38. The van der Waals surface area contributed by atoms with Crippen molar-refractivity contribution in [2.45, 2.75) is 51.4 Å². The summed E-state index contributed by atoms with van der Waals surface area (Å²) in [6.45, 7) is 0. The number of carbonyl (C=O) groups is 1. The van der Waals surface area contributed by atoms with Crippen molar-refractivity contribution in [2.24, 2.45) is 5.92 Å². The lowest BCUT2D eigenvalue weighted by atomic mass is 9.85. The Labute approximate surface area is 104 Å². The Kier molecular flexibility index (Phi) is 4.78. The maximum Gasteiger partial charge on any atom is 0.150 e. The summed E-state index contributed by atoms with van der Waals surface area (Å²) in [6.07, 6.45) is 12.0. The van der Waals surface area contributed by atoms with Crippen LogP contribution in [0.15, 0.2) is 24.3 Å². The van der Waals surface area contributed by atoms with Gasteiger partial charge in [-0.2, -0.15) is 0 Å². The first-order valence-corrected chi connectivity index (χ1v) is 6.92. The summed E-state index contributed by atoms with van der Waals surface area (Å²) >= 11 is 0. The molecule has 0 amide bonds. The zero-order valence-electron chi connectivity index (χ0n) is 10.5. The van der Waals surface area contributed by atoms with Gasteiger partial charge in [-0.3, -0.25) is 4.79 Å². The van der Waals surface area contributed by atoms with E-state index in [1.54, 1.807) is 0 Å². The van der Waals surface area contributed by atoms with Gasteiger partial charge in [-0.15, -0.1) is 0 Å². The molecule has 0 radical (unpaired) electrons. The Bertz CT molecular complexity index is 333. The van der Waals surface area contributed by atoms with E-state index < -0.39 is 0 Å². The quantitative estimate of drug-likeness (QED) is 0.685. The predicted molar refractivity (Wildman–Crippen MR) is 71.3 cm³/mol. The van der Waals surface area contributed by atoms with Crippen LogP contribution in [0.25, 0.3) is 0 Å². The van der Waals surface area contributed by atoms with Crippen molar-refractivity contribution in [1.29, 1.82) is 0 Å². The van der Waals surface area contributed by atoms with Gasteiger partial charge in [-0.1, -0.05) is 62.8 Å². The molecule has 0 aromatic heterocycles. The summed E-state index contributed by atoms with van der Waals surface area (Å²) < 4.78 is 0. The molecule has 0 unspecified atom stereocenters. The van der Waals surface area contributed by atoms with Crippen molar-refractivity contribution in [3.05, 3.63) is 35.4 Å². The molecular formula is C16H22O. The van der Waals surface area contributed by atoms with Gasteiger partial charge in [0.15, 0.2) is 0 Å². The Balaban J connectivity index is 1.71. The van der Waals surface area contributed by atoms with Gasteiger partial charge in [0, 0.05) is 5.56 Å². The normalized spacial score (nSPS) is 16.9. The minimum atomic E-state index is 0.779. The van der Waals surface area contributed by atoms with Crippen LogP contribution in [0.3, 0.4) is 0 Å². The Morgan fingerprint density at radius 3 is 2.41 bits per heavy atom. The monoisotopic (exact) mass is 230 g/mol. The van der Waals surface area contributed by atoms with Crippen LogP contribution in [0.5, 0.6) is 0 Å². The fourth-order valence-electron chi connectivity index (χ4n) is 2.83. The van der Waals surface area contributed by atoms with E-state index in [4.69, 9.17) is 0 Å². The highest BCUT2D eigenvalue weighted by Crippen LogP contribution is 2.27. The lowest BCUT2D eigenvalue weighted by molar-refractivity contribution is 0.112. The highest BCUT2D eigenvalue weighted by atomic mass is 16.1. The van der Waals surface area contributed by atoms with Crippen LogP contribution < -0.4 is 0 Å². The molecule has 2 rings (SSSR count). The van der Waals surface area contributed by atoms with Gasteiger partial charge in [0.1, 0.15) is 6.29 Å². The molecule has 1 fully saturated rings. The molecule has 0 atom stereocenters. The fourth-order valence-corrected chi connectivity index (χ4v) is 2.83. The second kappa shape index (κ2) is 6.58. The molecule has 0 saturated heterocycles. The number of aryl methyl sites for hydroxylation is 1. The Morgan fingerprint density at radius 1 is 1.06 bits per heavy atom. The first kappa shape index (κ1) is 12.3. The smallest absolute Gasteiger partial charge is 0.150 e. The Morgan fingerprint density at radius 2 is 1.76 bits per heavy atom. The number of rotatable bonds is 5. The van der Waals surface area contributed by atoms with Gasteiger partial charge in [-0.25, -0.2) is 0 Å². The van der Waals surface area contributed by atoms with E-state index in [1.807, 2.05) is 12.1 Å². The fraction of sp³-hybridized carbons (Fsp3) is 0.562. The predicted octanol–water partition coefficient (Wildman–Crippen LogP) is 4.40. The van der Waals surface area contributed by atoms with Gasteiger partial charge in [0.2, 0.25) is 0 Å². The van der Waals surface area contributed by atoms with Gasteiger partial charge < -0.3 is 0 Å². The van der Waals surface area contributed by atoms with Gasteiger partial charge >= 0.3 is 0 Å². The molecule has 1 aromatic carbocycles. The van der Waals surface area contributed by atoms with E-state index in [2.05, 4.69) is 12.1 Å². The van der Waals surface area contributed by atoms with Crippen LogP contribution in [0, 0.1) is 5.92 Å². The molecule has 1 heteroatoms. The topological polar surface area (TPSA) is 17.1 Å². The van der Waals surface area contributed by atoms with Crippen LogP contribution in [0.1, 0.15) is 60.9 Å². The molecule has 0 N–H and O–H groups in total. The zero-order valence-corrected chi connectivity index (χ0v) is 10.5. The molecule has 1 saturated carbocycles. The number of hydrogen-bond donors (Lipinski definition) is 0. The van der Waals surface area contributed by atoms with E-state index >= 15 is 0 Å². The lowest BCUT2D eigenvalue weighted by Gasteiger charge is -2.21. The third-order valence-electron chi connectivity index (χ3n) is 3.92. The van der Waals surface area contributed by atoms with Crippen molar-refractivity contribution < 1.29 is 4.79 Å². The second-order valence-corrected chi connectivity index (χ2v) is 5.26. The van der Waals surface area contributed by atoms with Crippen molar-refractivity contribution in [3.63, 3.8) is 0 Å². The van der Waals surface area contributed by atoms with Gasteiger partial charge in [-0.05, 0) is 24.3 Å². The van der Waals surface area contributed by atoms with E-state index in [9.17, 15) is 4.79 Å². The summed E-state index contributed by atoms with van der Waals surface area (Å²) in [4.78, 5) is 10.5. The highest BCUT2D eigenvalue weighted by molar-refractivity contribution is 5.74. The standard InChI is InChI=1S/C16H22O/c17-13-16-11-9-15(10-12-16)8-4-7-14-5-2-1-3-6-14/h9-14H,1-8H2. The summed E-state index contributed by atoms with van der Waals surface area (Å²) in [5.74, 6) is 0.984. The number of hydrogen-bond acceptors (Lipinski definition) is 1. The summed E-state index contributed by atoms with van der Waals surface area (Å²) in [6, 6.07) is 8.01. The average Bonchev–Trinajstić information content (AvgIpc) is 2.41. The first-order valence-electron chi connectivity index (χ1n) is 6.92. The number of carbonyl (C=O) groups excluding carboxylic acids is 1. The van der Waals surface area contributed by atoms with Crippen LogP contribution in [0.4, 0.5) is 0 Å². The minimum Gasteiger partial charge on any atom is -0.298 e. The minimum absolute atomic E-state index is 0.779. The van der Waals surface area contributed by atoms with E-state index in [-0.39, 0.29) is 0 Å². The number of aldehydes is 1. The number of benzene rings is 1. The van der Waals surface area contributed by atoms with Crippen LogP contribution >= 0.6 is 0 Å². The third-order valence-corrected chi connectivity index (χ3v) is 3.92. The van der Waals surface area contributed by atoms with Crippen molar-refractivity contribution in [1.82, 2.24) is 0 Å². The summed E-state index contributed by atoms with van der Waals surface area (Å²) in [5, 5.41) is 0. The molecule has 0 heterocycles. The second-order valence-electron chi connectivity index (χ2n) is 5.26. The maximum absolute atomic E-state index is 10.5. The third kappa shape index (κ3) is 3.99. The van der Waals surface area contributed by atoms with E-state index in [0.29, 0.717) is 0 Å². The molecular weight excluding hydrogens is 208 g/mol. The summed E-state index contributed by atoms with van der Waals surface area (Å²) in [7, 11) is 0. The molecule has 0 spiro atoms. The molecule has 0 bridgehead atoms. The highest BCUT2D eigenvalue weighted by Gasteiger charge is 2.12. The zero-order chi connectivity index (χ0) is 11.9. The average molecular weight is 230 g/mol. The van der Waals surface area contributed by atoms with Crippen molar-refractivity contribution >= 4 is 6.29 Å². The van der Waals surface area contributed by atoms with Crippen LogP contribution in [0.2, 0.25) is 0 Å². The van der Waals surface area contributed by atoms with Crippen LogP contribution in [-0.2, 0) is 6.42 Å². The van der Waals surface area contributed by atoms with Gasteiger partial charge in [0.05, 0.1) is 0 Å². The van der Waals surface area contributed by atoms with E-state index in [1.165, 1.54) is 50.5 Å². The van der Waals surface area contributed by atoms with E-state index in [0.717, 1.165) is 24.2 Å². The summed E-state index contributed by atoms with van der Waals surface area (Å²) in [5.41, 5.74) is 2.15. The molecule has 1 aliphatic rings. The van der Waals surface area contributed by atoms with Crippen LogP contribution in [-0.4, -0.2) is 6.29 Å². The van der Waals surface area contributed by atoms with Crippen molar-refractivity contribution in [2.75, 3.05) is 0 Å². The molecule has 1 nitrogen and oxygen atoms in total. The molecule has 0 aliphatic heterocycles. The lowest BCUT2D eigenvalue weighted by Crippen LogP contribution is -2.06. The molecule has 1 aliphatic carbocycles. The SMILES string of the molecule is O=Cc1ccc(CCCC2CCCCC2)cc1.